The van der Waals surface area contributed by atoms with Crippen LogP contribution in [0, 0.1) is 0 Å². The summed E-state index contributed by atoms with van der Waals surface area (Å²) in [4.78, 5) is 4.54. The molecule has 1 aromatic heterocycles. The number of rotatable bonds is 9. The number of hydrogen-bond acceptors (Lipinski definition) is 5. The van der Waals surface area contributed by atoms with Gasteiger partial charge in [0.15, 0.2) is 5.96 Å². The highest BCUT2D eigenvalue weighted by Crippen LogP contribution is 2.24. The molecule has 0 saturated carbocycles. The lowest BCUT2D eigenvalue weighted by Crippen LogP contribution is -2.39. The summed E-state index contributed by atoms with van der Waals surface area (Å²) in [6.07, 6.45) is 0.756. The second-order valence-corrected chi connectivity index (χ2v) is 7.12. The van der Waals surface area contributed by atoms with Crippen LogP contribution in [0.15, 0.2) is 40.0 Å². The van der Waals surface area contributed by atoms with Gasteiger partial charge in [-0.25, -0.2) is 4.99 Å². The summed E-state index contributed by atoms with van der Waals surface area (Å²) in [5.74, 6) is 2.31. The first-order valence-electron chi connectivity index (χ1n) is 8.98. The number of thiophene rings is 1. The zero-order valence-electron chi connectivity index (χ0n) is 16.4. The SMILES string of the molecule is CCNC(=NCC(C)(O)c1ccsc1)NCCc1cc(OC)ccc1OC. The van der Waals surface area contributed by atoms with E-state index in [1.165, 1.54) is 0 Å². The number of nitrogens with one attached hydrogen (secondary N) is 2. The summed E-state index contributed by atoms with van der Waals surface area (Å²) < 4.78 is 10.7. The van der Waals surface area contributed by atoms with Gasteiger partial charge in [0, 0.05) is 13.1 Å². The number of aliphatic hydroxyl groups is 1. The molecular formula is C20H29N3O3S. The molecule has 2 rings (SSSR count). The number of guanidine groups is 1. The predicted octanol–water partition coefficient (Wildman–Crippen LogP) is 2.77. The monoisotopic (exact) mass is 391 g/mol. The van der Waals surface area contributed by atoms with E-state index >= 15 is 0 Å². The van der Waals surface area contributed by atoms with Crippen molar-refractivity contribution in [3.05, 3.63) is 46.2 Å². The summed E-state index contributed by atoms with van der Waals surface area (Å²) in [5.41, 5.74) is 0.955. The summed E-state index contributed by atoms with van der Waals surface area (Å²) >= 11 is 1.57. The Kier molecular flexibility index (Phi) is 7.94. The van der Waals surface area contributed by atoms with Crippen molar-refractivity contribution in [1.29, 1.82) is 0 Å². The van der Waals surface area contributed by atoms with Crippen LogP contribution >= 0.6 is 11.3 Å². The van der Waals surface area contributed by atoms with Crippen molar-refractivity contribution in [2.24, 2.45) is 4.99 Å². The van der Waals surface area contributed by atoms with Gasteiger partial charge in [-0.2, -0.15) is 11.3 Å². The van der Waals surface area contributed by atoms with E-state index in [1.54, 1.807) is 32.5 Å². The quantitative estimate of drug-likeness (QED) is 0.453. The maximum absolute atomic E-state index is 10.6. The van der Waals surface area contributed by atoms with Gasteiger partial charge < -0.3 is 25.2 Å². The van der Waals surface area contributed by atoms with E-state index in [0.717, 1.165) is 35.6 Å². The van der Waals surface area contributed by atoms with Crippen molar-refractivity contribution >= 4 is 17.3 Å². The zero-order chi connectivity index (χ0) is 19.7. The fraction of sp³-hybridized carbons (Fsp3) is 0.450. The number of nitrogens with zero attached hydrogens (tertiary/aromatic N) is 1. The highest BCUT2D eigenvalue weighted by Gasteiger charge is 2.23. The molecule has 1 heterocycles. The van der Waals surface area contributed by atoms with E-state index in [0.29, 0.717) is 12.5 Å². The van der Waals surface area contributed by atoms with Gasteiger partial charge >= 0.3 is 0 Å². The summed E-state index contributed by atoms with van der Waals surface area (Å²) in [7, 11) is 3.32. The van der Waals surface area contributed by atoms with Crippen molar-refractivity contribution in [2.45, 2.75) is 25.9 Å². The van der Waals surface area contributed by atoms with E-state index in [2.05, 4.69) is 15.6 Å². The minimum Gasteiger partial charge on any atom is -0.497 e. The topological polar surface area (TPSA) is 75.1 Å². The normalized spacial score (nSPS) is 13.7. The molecule has 0 aliphatic heterocycles. The van der Waals surface area contributed by atoms with Crippen LogP contribution in [0.1, 0.15) is 25.0 Å². The lowest BCUT2D eigenvalue weighted by molar-refractivity contribution is 0.0677. The summed E-state index contributed by atoms with van der Waals surface area (Å²) in [6.45, 7) is 5.49. The first kappa shape index (κ1) is 21.1. The number of aliphatic imine (C=N–C) groups is 1. The summed E-state index contributed by atoms with van der Waals surface area (Å²) in [6, 6.07) is 7.70. The van der Waals surface area contributed by atoms with Gasteiger partial charge in [-0.15, -0.1) is 0 Å². The van der Waals surface area contributed by atoms with Crippen LogP contribution in [0.2, 0.25) is 0 Å². The fourth-order valence-electron chi connectivity index (χ4n) is 2.63. The average Bonchev–Trinajstić information content (AvgIpc) is 3.22. The van der Waals surface area contributed by atoms with Gasteiger partial charge in [0.1, 0.15) is 17.1 Å². The minimum absolute atomic E-state index is 0.279. The first-order chi connectivity index (χ1) is 13.0. The molecule has 1 unspecified atom stereocenters. The van der Waals surface area contributed by atoms with E-state index in [-0.39, 0.29) is 6.54 Å². The Bertz CT molecular complexity index is 730. The highest BCUT2D eigenvalue weighted by molar-refractivity contribution is 7.08. The Labute approximate surface area is 165 Å². The lowest BCUT2D eigenvalue weighted by Gasteiger charge is -2.21. The largest absolute Gasteiger partial charge is 0.497 e. The Morgan fingerprint density at radius 2 is 2.04 bits per heavy atom. The molecule has 0 spiro atoms. The maximum Gasteiger partial charge on any atom is 0.191 e. The molecule has 0 amide bonds. The molecule has 6 nitrogen and oxygen atoms in total. The summed E-state index contributed by atoms with van der Waals surface area (Å²) in [5, 5.41) is 21.1. The number of methoxy groups -OCH3 is 2. The maximum atomic E-state index is 10.6. The molecule has 0 saturated heterocycles. The van der Waals surface area contributed by atoms with Crippen LogP contribution in [0.5, 0.6) is 11.5 Å². The molecule has 0 aliphatic carbocycles. The third-order valence-corrected chi connectivity index (χ3v) is 4.89. The van der Waals surface area contributed by atoms with Crippen molar-refractivity contribution in [2.75, 3.05) is 33.9 Å². The molecule has 2 aromatic rings. The van der Waals surface area contributed by atoms with Gasteiger partial charge in [0.05, 0.1) is 20.8 Å². The number of ether oxygens (including phenoxy) is 2. The highest BCUT2D eigenvalue weighted by atomic mass is 32.1. The van der Waals surface area contributed by atoms with E-state index in [9.17, 15) is 5.11 Å². The average molecular weight is 392 g/mol. The van der Waals surface area contributed by atoms with Crippen molar-refractivity contribution < 1.29 is 14.6 Å². The smallest absolute Gasteiger partial charge is 0.191 e. The second-order valence-electron chi connectivity index (χ2n) is 6.34. The number of hydrogen-bond donors (Lipinski definition) is 3. The second kappa shape index (κ2) is 10.2. The Morgan fingerprint density at radius 1 is 1.22 bits per heavy atom. The standard InChI is InChI=1S/C20H29N3O3S/c1-5-21-19(23-14-20(2,24)16-9-11-27-13-16)22-10-8-15-12-17(25-3)6-7-18(15)26-4/h6-7,9,11-13,24H,5,8,10,14H2,1-4H3,(H2,21,22,23). The molecule has 27 heavy (non-hydrogen) atoms. The molecule has 148 valence electrons. The van der Waals surface area contributed by atoms with E-state index in [1.807, 2.05) is 41.9 Å². The molecule has 0 fully saturated rings. The molecule has 1 atom stereocenters. The predicted molar refractivity (Wildman–Crippen MR) is 111 cm³/mol. The van der Waals surface area contributed by atoms with Gasteiger partial charge in [-0.05, 0) is 66.4 Å². The first-order valence-corrected chi connectivity index (χ1v) is 9.92. The number of benzene rings is 1. The zero-order valence-corrected chi connectivity index (χ0v) is 17.2. The van der Waals surface area contributed by atoms with Crippen molar-refractivity contribution in [3.63, 3.8) is 0 Å². The van der Waals surface area contributed by atoms with E-state index < -0.39 is 5.60 Å². The Hall–Kier alpha value is -2.25. The molecule has 7 heteroatoms. The van der Waals surface area contributed by atoms with E-state index in [4.69, 9.17) is 9.47 Å². The Morgan fingerprint density at radius 3 is 2.67 bits per heavy atom. The third kappa shape index (κ3) is 6.15. The van der Waals surface area contributed by atoms with Crippen LogP contribution in [0.25, 0.3) is 0 Å². The fourth-order valence-corrected chi connectivity index (χ4v) is 3.41. The van der Waals surface area contributed by atoms with Gasteiger partial charge in [-0.1, -0.05) is 0 Å². The van der Waals surface area contributed by atoms with Crippen LogP contribution in [-0.4, -0.2) is 44.9 Å². The molecule has 0 radical (unpaired) electrons. The van der Waals surface area contributed by atoms with Crippen LogP contribution in [0.3, 0.4) is 0 Å². The van der Waals surface area contributed by atoms with Crippen LogP contribution < -0.4 is 20.1 Å². The molecule has 3 N–H and O–H groups in total. The Balaban J connectivity index is 1.98. The van der Waals surface area contributed by atoms with Gasteiger partial charge in [-0.3, -0.25) is 0 Å². The lowest BCUT2D eigenvalue weighted by atomic mass is 10.00. The van der Waals surface area contributed by atoms with Gasteiger partial charge in [0.25, 0.3) is 0 Å². The molecule has 1 aromatic carbocycles. The van der Waals surface area contributed by atoms with Crippen LogP contribution in [0.4, 0.5) is 0 Å². The van der Waals surface area contributed by atoms with Crippen molar-refractivity contribution in [3.8, 4) is 11.5 Å². The molecule has 0 aliphatic rings. The van der Waals surface area contributed by atoms with Crippen LogP contribution in [-0.2, 0) is 12.0 Å². The minimum atomic E-state index is -0.988. The molecular weight excluding hydrogens is 362 g/mol. The van der Waals surface area contributed by atoms with Gasteiger partial charge in [0.2, 0.25) is 0 Å². The molecule has 0 bridgehead atoms. The van der Waals surface area contributed by atoms with Crippen molar-refractivity contribution in [1.82, 2.24) is 10.6 Å². The third-order valence-electron chi connectivity index (χ3n) is 4.21.